The zero-order valence-corrected chi connectivity index (χ0v) is 18.2. The third kappa shape index (κ3) is 4.13. The van der Waals surface area contributed by atoms with E-state index < -0.39 is 0 Å². The summed E-state index contributed by atoms with van der Waals surface area (Å²) < 4.78 is 3.24. The summed E-state index contributed by atoms with van der Waals surface area (Å²) in [4.78, 5) is 30.1. The second-order valence-electron chi connectivity index (χ2n) is 8.05. The highest BCUT2D eigenvalue weighted by Crippen LogP contribution is 2.18. The van der Waals surface area contributed by atoms with Gasteiger partial charge in [0.25, 0.3) is 11.5 Å². The topological polar surface area (TPSA) is 81.8 Å². The molecule has 2 aromatic heterocycles. The van der Waals surface area contributed by atoms with Gasteiger partial charge in [0.2, 0.25) is 0 Å². The van der Waals surface area contributed by atoms with E-state index in [1.165, 1.54) is 0 Å². The van der Waals surface area contributed by atoms with Gasteiger partial charge in [-0.3, -0.25) is 14.2 Å². The van der Waals surface area contributed by atoms with E-state index >= 15 is 0 Å². The maximum Gasteiger partial charge on any atom is 0.264 e. The predicted molar refractivity (Wildman–Crippen MR) is 128 cm³/mol. The molecular weight excluding hydrogens is 414 g/mol. The molecule has 5 aromatic rings. The predicted octanol–water partition coefficient (Wildman–Crippen LogP) is 3.53. The molecule has 2 heterocycles. The van der Waals surface area contributed by atoms with Gasteiger partial charge in [0, 0.05) is 12.1 Å². The fourth-order valence-electron chi connectivity index (χ4n) is 4.07. The zero-order valence-electron chi connectivity index (χ0n) is 18.2. The fraction of sp³-hybridized carbons (Fsp3) is 0.154. The first-order valence-corrected chi connectivity index (χ1v) is 10.8. The van der Waals surface area contributed by atoms with Crippen LogP contribution in [-0.4, -0.2) is 31.8 Å². The summed E-state index contributed by atoms with van der Waals surface area (Å²) in [6, 6.07) is 21.5. The van der Waals surface area contributed by atoms with Gasteiger partial charge in [-0.05, 0) is 29.3 Å². The quantitative estimate of drug-likeness (QED) is 0.441. The van der Waals surface area contributed by atoms with Crippen LogP contribution in [0.15, 0.2) is 84.0 Å². The van der Waals surface area contributed by atoms with Gasteiger partial charge < -0.3 is 5.32 Å². The number of carbonyl (C=O) groups excluding carboxylic acids is 1. The second-order valence-corrected chi connectivity index (χ2v) is 8.05. The minimum absolute atomic E-state index is 0.132. The highest BCUT2D eigenvalue weighted by atomic mass is 16.1. The number of benzene rings is 3. The third-order valence-electron chi connectivity index (χ3n) is 5.70. The molecule has 0 aliphatic carbocycles. The Morgan fingerprint density at radius 1 is 1.00 bits per heavy atom. The Kier molecular flexibility index (Phi) is 5.44. The standard InChI is InChI=1S/C26H23N5O2/c1-18-6-4-7-19(14-18)16-30-17-28-24-23(26(30)33)15-29-31(24)13-12-27-25(32)22-11-5-9-20-8-2-3-10-21(20)22/h2-11,14-15,17H,12-13,16H2,1H3,(H,27,32). The van der Waals surface area contributed by atoms with E-state index in [0.717, 1.165) is 21.9 Å². The van der Waals surface area contributed by atoms with Crippen LogP contribution in [0.2, 0.25) is 0 Å². The Morgan fingerprint density at radius 2 is 1.82 bits per heavy atom. The summed E-state index contributed by atoms with van der Waals surface area (Å²) in [6.07, 6.45) is 3.10. The van der Waals surface area contributed by atoms with Crippen molar-refractivity contribution in [2.45, 2.75) is 20.0 Å². The minimum Gasteiger partial charge on any atom is -0.350 e. The van der Waals surface area contributed by atoms with E-state index in [1.54, 1.807) is 21.8 Å². The van der Waals surface area contributed by atoms with Crippen molar-refractivity contribution >= 4 is 27.7 Å². The van der Waals surface area contributed by atoms with Crippen LogP contribution in [0.3, 0.4) is 0 Å². The summed E-state index contributed by atoms with van der Waals surface area (Å²) in [5.74, 6) is -0.142. The first-order valence-electron chi connectivity index (χ1n) is 10.8. The van der Waals surface area contributed by atoms with Gasteiger partial charge in [0.05, 0.1) is 19.3 Å². The zero-order chi connectivity index (χ0) is 22.8. The van der Waals surface area contributed by atoms with Crippen LogP contribution in [0.1, 0.15) is 21.5 Å². The molecule has 0 atom stereocenters. The summed E-state index contributed by atoms with van der Waals surface area (Å²) >= 11 is 0. The van der Waals surface area contributed by atoms with Gasteiger partial charge in [0.1, 0.15) is 11.7 Å². The molecule has 164 valence electrons. The van der Waals surface area contributed by atoms with Crippen molar-refractivity contribution in [2.24, 2.45) is 0 Å². The van der Waals surface area contributed by atoms with Crippen molar-refractivity contribution in [1.82, 2.24) is 24.6 Å². The highest BCUT2D eigenvalue weighted by Gasteiger charge is 2.12. The summed E-state index contributed by atoms with van der Waals surface area (Å²) in [7, 11) is 0. The van der Waals surface area contributed by atoms with Crippen LogP contribution in [0, 0.1) is 6.92 Å². The molecular formula is C26H23N5O2. The summed E-state index contributed by atoms with van der Waals surface area (Å²) in [5, 5.41) is 9.68. The molecule has 0 saturated heterocycles. The first-order chi connectivity index (χ1) is 16.1. The largest absolute Gasteiger partial charge is 0.350 e. The lowest BCUT2D eigenvalue weighted by Gasteiger charge is -2.09. The lowest BCUT2D eigenvalue weighted by molar-refractivity contribution is 0.0953. The molecule has 0 bridgehead atoms. The molecule has 7 heteroatoms. The Morgan fingerprint density at radius 3 is 2.70 bits per heavy atom. The minimum atomic E-state index is -0.142. The van der Waals surface area contributed by atoms with Crippen molar-refractivity contribution in [2.75, 3.05) is 6.54 Å². The monoisotopic (exact) mass is 437 g/mol. The lowest BCUT2D eigenvalue weighted by atomic mass is 10.0. The third-order valence-corrected chi connectivity index (χ3v) is 5.70. The second kappa shape index (κ2) is 8.70. The van der Waals surface area contributed by atoms with Crippen LogP contribution in [-0.2, 0) is 13.1 Å². The molecule has 1 amide bonds. The number of carbonyl (C=O) groups is 1. The SMILES string of the molecule is Cc1cccc(Cn2cnc3c(cnn3CCNC(=O)c3cccc4ccccc34)c2=O)c1. The summed E-state index contributed by atoms with van der Waals surface area (Å²) in [5.41, 5.74) is 3.21. The van der Waals surface area contributed by atoms with Crippen LogP contribution in [0.5, 0.6) is 0 Å². The average Bonchev–Trinajstić information content (AvgIpc) is 3.24. The molecule has 0 aliphatic heterocycles. The van der Waals surface area contributed by atoms with Gasteiger partial charge in [-0.1, -0.05) is 66.2 Å². The molecule has 3 aromatic carbocycles. The molecule has 0 radical (unpaired) electrons. The number of aryl methyl sites for hydroxylation is 1. The number of amides is 1. The molecule has 0 aliphatic rings. The van der Waals surface area contributed by atoms with E-state index in [1.807, 2.05) is 67.6 Å². The van der Waals surface area contributed by atoms with E-state index in [0.29, 0.717) is 36.2 Å². The molecule has 0 spiro atoms. The number of nitrogens with one attached hydrogen (secondary N) is 1. The Labute approximate surface area is 190 Å². The maximum absolute atomic E-state index is 12.9. The van der Waals surface area contributed by atoms with Gasteiger partial charge in [-0.15, -0.1) is 0 Å². The van der Waals surface area contributed by atoms with Crippen molar-refractivity contribution in [3.05, 3.63) is 106 Å². The number of aromatic nitrogens is 4. The number of hydrogen-bond donors (Lipinski definition) is 1. The summed E-state index contributed by atoms with van der Waals surface area (Å²) in [6.45, 7) is 3.26. The molecule has 0 unspecified atom stereocenters. The van der Waals surface area contributed by atoms with E-state index in [-0.39, 0.29) is 11.5 Å². The highest BCUT2D eigenvalue weighted by molar-refractivity contribution is 6.06. The van der Waals surface area contributed by atoms with Crippen molar-refractivity contribution < 1.29 is 4.79 Å². The maximum atomic E-state index is 12.9. The molecule has 5 rings (SSSR count). The average molecular weight is 438 g/mol. The van der Waals surface area contributed by atoms with E-state index in [4.69, 9.17) is 0 Å². The van der Waals surface area contributed by atoms with Gasteiger partial charge in [-0.2, -0.15) is 5.10 Å². The number of nitrogens with zero attached hydrogens (tertiary/aromatic N) is 4. The van der Waals surface area contributed by atoms with Gasteiger partial charge >= 0.3 is 0 Å². The van der Waals surface area contributed by atoms with Gasteiger partial charge in [-0.25, -0.2) is 9.67 Å². The number of rotatable bonds is 6. The normalized spacial score (nSPS) is 11.2. The lowest BCUT2D eigenvalue weighted by Crippen LogP contribution is -2.28. The Balaban J connectivity index is 1.30. The smallest absolute Gasteiger partial charge is 0.264 e. The molecule has 7 nitrogen and oxygen atoms in total. The fourth-order valence-corrected chi connectivity index (χ4v) is 4.07. The van der Waals surface area contributed by atoms with Crippen molar-refractivity contribution in [3.63, 3.8) is 0 Å². The molecule has 0 saturated carbocycles. The van der Waals surface area contributed by atoms with Crippen LogP contribution < -0.4 is 10.9 Å². The molecule has 1 N–H and O–H groups in total. The number of fused-ring (bicyclic) bond motifs is 2. The molecule has 33 heavy (non-hydrogen) atoms. The van der Waals surface area contributed by atoms with Crippen LogP contribution in [0.25, 0.3) is 21.8 Å². The van der Waals surface area contributed by atoms with Crippen LogP contribution in [0.4, 0.5) is 0 Å². The molecule has 0 fully saturated rings. The van der Waals surface area contributed by atoms with E-state index in [2.05, 4.69) is 21.5 Å². The van der Waals surface area contributed by atoms with Crippen LogP contribution >= 0.6 is 0 Å². The first kappa shape index (κ1) is 20.6. The number of hydrogen-bond acceptors (Lipinski definition) is 4. The Hall–Kier alpha value is -4.26. The van der Waals surface area contributed by atoms with Crippen molar-refractivity contribution in [1.29, 1.82) is 0 Å². The van der Waals surface area contributed by atoms with E-state index in [9.17, 15) is 9.59 Å². The van der Waals surface area contributed by atoms with Gasteiger partial charge in [0.15, 0.2) is 5.65 Å². The van der Waals surface area contributed by atoms with Crippen molar-refractivity contribution in [3.8, 4) is 0 Å². The Bertz CT molecular complexity index is 1530.